The van der Waals surface area contributed by atoms with Crippen LogP contribution >= 0.6 is 0 Å². The van der Waals surface area contributed by atoms with Crippen LogP contribution in [0.15, 0.2) is 0 Å². The summed E-state index contributed by atoms with van der Waals surface area (Å²) in [5.74, 6) is 0.116. The van der Waals surface area contributed by atoms with Gasteiger partial charge in [0, 0.05) is 37.4 Å². The first-order valence-electron chi connectivity index (χ1n) is 7.60. The second kappa shape index (κ2) is 5.78. The molecule has 1 saturated heterocycles. The van der Waals surface area contributed by atoms with E-state index in [1.165, 1.54) is 4.90 Å². The molecule has 2 N–H and O–H groups in total. The highest BCUT2D eigenvalue weighted by Gasteiger charge is 2.49. The Morgan fingerprint density at radius 2 is 1.91 bits per heavy atom. The molecule has 0 radical (unpaired) electrons. The van der Waals surface area contributed by atoms with Crippen molar-refractivity contribution in [3.05, 3.63) is 0 Å². The standard InChI is InChI=1S/C15H24N2O5/c1-14(2,3)22-12(19)16-11-8-10(18)9-15(11)4-6-17(7-5-15)13(20)21/h11H,4-9H2,1-3H3,(H,16,19)(H,20,21)/t11-/m1/s1. The lowest BCUT2D eigenvalue weighted by Gasteiger charge is -2.41. The summed E-state index contributed by atoms with van der Waals surface area (Å²) < 4.78 is 5.26. The monoisotopic (exact) mass is 312 g/mol. The number of rotatable bonds is 1. The predicted molar refractivity (Wildman–Crippen MR) is 78.7 cm³/mol. The maximum absolute atomic E-state index is 12.0. The van der Waals surface area contributed by atoms with Crippen molar-refractivity contribution in [3.63, 3.8) is 0 Å². The van der Waals surface area contributed by atoms with Crippen LogP contribution in [0.1, 0.15) is 46.5 Å². The maximum Gasteiger partial charge on any atom is 0.407 e. The Bertz CT molecular complexity index is 475. The average molecular weight is 312 g/mol. The van der Waals surface area contributed by atoms with Gasteiger partial charge in [0.25, 0.3) is 0 Å². The number of hydrogen-bond donors (Lipinski definition) is 2. The highest BCUT2D eigenvalue weighted by molar-refractivity contribution is 5.84. The molecule has 1 atom stereocenters. The lowest BCUT2D eigenvalue weighted by molar-refractivity contribution is -0.118. The molecular formula is C15H24N2O5. The third kappa shape index (κ3) is 3.69. The lowest BCUT2D eigenvalue weighted by atomic mass is 9.74. The molecule has 2 fully saturated rings. The summed E-state index contributed by atoms with van der Waals surface area (Å²) in [5, 5.41) is 11.9. The molecule has 1 aliphatic heterocycles. The van der Waals surface area contributed by atoms with E-state index in [1.807, 2.05) is 0 Å². The molecule has 7 heteroatoms. The Labute approximate surface area is 130 Å². The van der Waals surface area contributed by atoms with Crippen molar-refractivity contribution < 1.29 is 24.2 Å². The van der Waals surface area contributed by atoms with Crippen LogP contribution in [0.5, 0.6) is 0 Å². The lowest BCUT2D eigenvalue weighted by Crippen LogP contribution is -2.51. The molecule has 1 aliphatic carbocycles. The van der Waals surface area contributed by atoms with Crippen LogP contribution in [-0.2, 0) is 9.53 Å². The van der Waals surface area contributed by atoms with Crippen LogP contribution < -0.4 is 5.32 Å². The van der Waals surface area contributed by atoms with Gasteiger partial charge in [0.15, 0.2) is 0 Å². The Balaban J connectivity index is 2.02. The highest BCUT2D eigenvalue weighted by atomic mass is 16.6. The molecule has 1 heterocycles. The topological polar surface area (TPSA) is 95.9 Å². The van der Waals surface area contributed by atoms with Crippen molar-refractivity contribution in [2.24, 2.45) is 5.41 Å². The van der Waals surface area contributed by atoms with Gasteiger partial charge in [-0.25, -0.2) is 9.59 Å². The summed E-state index contributed by atoms with van der Waals surface area (Å²) in [6, 6.07) is -0.272. The van der Waals surface area contributed by atoms with E-state index in [1.54, 1.807) is 20.8 Å². The van der Waals surface area contributed by atoms with Crippen molar-refractivity contribution >= 4 is 18.0 Å². The fourth-order valence-corrected chi connectivity index (χ4v) is 3.35. The number of carboxylic acid groups (broad SMARTS) is 1. The zero-order valence-electron chi connectivity index (χ0n) is 13.3. The number of alkyl carbamates (subject to hydrolysis) is 1. The summed E-state index contributed by atoms with van der Waals surface area (Å²) in [5.41, 5.74) is -0.924. The Morgan fingerprint density at radius 1 is 1.32 bits per heavy atom. The Kier molecular flexibility index (Phi) is 4.35. The molecule has 2 rings (SSSR count). The van der Waals surface area contributed by atoms with Gasteiger partial charge in [-0.05, 0) is 33.6 Å². The van der Waals surface area contributed by atoms with Gasteiger partial charge < -0.3 is 20.1 Å². The van der Waals surface area contributed by atoms with E-state index < -0.39 is 17.8 Å². The van der Waals surface area contributed by atoms with Crippen LogP contribution in [0.25, 0.3) is 0 Å². The number of Topliss-reactive ketones (excluding diaryl/α,β-unsaturated/α-hetero) is 1. The van der Waals surface area contributed by atoms with Gasteiger partial charge in [0.1, 0.15) is 11.4 Å². The Hall–Kier alpha value is -1.79. The van der Waals surface area contributed by atoms with Crippen molar-refractivity contribution in [2.45, 2.75) is 58.1 Å². The first kappa shape index (κ1) is 16.6. The second-order valence-corrected chi connectivity index (χ2v) is 7.25. The number of carbonyl (C=O) groups is 3. The number of amides is 2. The van der Waals surface area contributed by atoms with E-state index in [9.17, 15) is 14.4 Å². The van der Waals surface area contributed by atoms with E-state index in [2.05, 4.69) is 5.32 Å². The third-order valence-electron chi connectivity index (χ3n) is 4.44. The molecule has 124 valence electrons. The number of nitrogens with one attached hydrogen (secondary N) is 1. The Morgan fingerprint density at radius 3 is 2.41 bits per heavy atom. The molecule has 7 nitrogen and oxygen atoms in total. The number of hydrogen-bond acceptors (Lipinski definition) is 4. The van der Waals surface area contributed by atoms with Crippen molar-refractivity contribution in [2.75, 3.05) is 13.1 Å². The maximum atomic E-state index is 12.0. The van der Waals surface area contributed by atoms with E-state index in [-0.39, 0.29) is 17.2 Å². The number of likely N-dealkylation sites (tertiary alicyclic amines) is 1. The number of ketones is 1. The van der Waals surface area contributed by atoms with Crippen LogP contribution in [0, 0.1) is 5.41 Å². The van der Waals surface area contributed by atoms with E-state index in [4.69, 9.17) is 9.84 Å². The molecule has 1 saturated carbocycles. The molecule has 0 aromatic rings. The quantitative estimate of drug-likeness (QED) is 0.772. The van der Waals surface area contributed by atoms with Crippen molar-refractivity contribution in [1.82, 2.24) is 10.2 Å². The predicted octanol–water partition coefficient (Wildman–Crippen LogP) is 2.00. The number of ether oxygens (including phenoxy) is 1. The van der Waals surface area contributed by atoms with E-state index in [0.29, 0.717) is 38.8 Å². The van der Waals surface area contributed by atoms with E-state index in [0.717, 1.165) is 0 Å². The largest absolute Gasteiger partial charge is 0.465 e. The number of nitrogens with zero attached hydrogens (tertiary/aromatic N) is 1. The fourth-order valence-electron chi connectivity index (χ4n) is 3.35. The summed E-state index contributed by atoms with van der Waals surface area (Å²) in [6.07, 6.45) is 0.424. The zero-order chi connectivity index (χ0) is 16.5. The summed E-state index contributed by atoms with van der Waals surface area (Å²) >= 11 is 0. The van der Waals surface area contributed by atoms with Gasteiger partial charge in [-0.15, -0.1) is 0 Å². The molecule has 2 aliphatic rings. The van der Waals surface area contributed by atoms with Crippen LogP contribution in [0.4, 0.5) is 9.59 Å². The minimum atomic E-state index is -0.934. The van der Waals surface area contributed by atoms with Gasteiger partial charge >= 0.3 is 12.2 Å². The van der Waals surface area contributed by atoms with Gasteiger partial charge in [0.2, 0.25) is 0 Å². The van der Waals surface area contributed by atoms with Gasteiger partial charge in [-0.3, -0.25) is 4.79 Å². The smallest absolute Gasteiger partial charge is 0.407 e. The van der Waals surface area contributed by atoms with Crippen LogP contribution in [-0.4, -0.2) is 52.7 Å². The van der Waals surface area contributed by atoms with E-state index >= 15 is 0 Å². The van der Waals surface area contributed by atoms with Gasteiger partial charge in [-0.1, -0.05) is 0 Å². The normalized spacial score (nSPS) is 24.4. The van der Waals surface area contributed by atoms with Gasteiger partial charge in [0.05, 0.1) is 0 Å². The molecular weight excluding hydrogens is 288 g/mol. The van der Waals surface area contributed by atoms with Crippen LogP contribution in [0.2, 0.25) is 0 Å². The molecule has 0 aromatic carbocycles. The highest BCUT2D eigenvalue weighted by Crippen LogP contribution is 2.45. The molecule has 1 spiro atoms. The fraction of sp³-hybridized carbons (Fsp3) is 0.800. The first-order valence-corrected chi connectivity index (χ1v) is 7.60. The minimum absolute atomic E-state index is 0.116. The van der Waals surface area contributed by atoms with Crippen molar-refractivity contribution in [1.29, 1.82) is 0 Å². The number of carbonyl (C=O) groups excluding carboxylic acids is 2. The molecule has 22 heavy (non-hydrogen) atoms. The summed E-state index contributed by atoms with van der Waals surface area (Å²) in [7, 11) is 0. The average Bonchev–Trinajstić information content (AvgIpc) is 2.63. The minimum Gasteiger partial charge on any atom is -0.465 e. The molecule has 0 aromatic heterocycles. The summed E-state index contributed by atoms with van der Waals surface area (Å²) in [6.45, 7) is 6.15. The summed E-state index contributed by atoms with van der Waals surface area (Å²) in [4.78, 5) is 36.2. The molecule has 0 bridgehead atoms. The third-order valence-corrected chi connectivity index (χ3v) is 4.44. The van der Waals surface area contributed by atoms with Crippen molar-refractivity contribution in [3.8, 4) is 0 Å². The zero-order valence-corrected chi connectivity index (χ0v) is 13.3. The first-order chi connectivity index (χ1) is 10.1. The SMILES string of the molecule is CC(C)(C)OC(=O)N[C@@H]1CC(=O)CC12CCN(C(=O)O)CC2. The number of piperidine rings is 1. The van der Waals surface area contributed by atoms with Crippen LogP contribution in [0.3, 0.4) is 0 Å². The molecule has 2 amide bonds. The second-order valence-electron chi connectivity index (χ2n) is 7.25. The molecule has 0 unspecified atom stereocenters. The van der Waals surface area contributed by atoms with Gasteiger partial charge in [-0.2, -0.15) is 0 Å².